The molecule has 0 saturated carbocycles. The number of aromatic nitrogens is 2. The standard InChI is InChI=1S/C12H14N2O2/c1-8-5-6-10(16-8)9-7-14-11(13-9)3-2-4-12(14)15/h5-7,12,15H,2-4H2,1H3. The second-order valence-electron chi connectivity index (χ2n) is 4.23. The average molecular weight is 218 g/mol. The third kappa shape index (κ3) is 1.46. The normalized spacial score (nSPS) is 19.8. The molecule has 1 aliphatic rings. The van der Waals surface area contributed by atoms with E-state index in [9.17, 15) is 5.11 Å². The van der Waals surface area contributed by atoms with Gasteiger partial charge in [0.15, 0.2) is 5.76 Å². The van der Waals surface area contributed by atoms with Crippen LogP contribution in [0.15, 0.2) is 22.7 Å². The molecule has 1 unspecified atom stereocenters. The van der Waals surface area contributed by atoms with E-state index in [2.05, 4.69) is 4.98 Å². The van der Waals surface area contributed by atoms with Crippen LogP contribution in [0.2, 0.25) is 0 Å². The number of aliphatic hydroxyl groups excluding tert-OH is 1. The SMILES string of the molecule is Cc1ccc(-c2cn3c(n2)CCCC3O)o1. The molecule has 0 radical (unpaired) electrons. The lowest BCUT2D eigenvalue weighted by molar-refractivity contribution is 0.0781. The molecule has 0 amide bonds. The van der Waals surface area contributed by atoms with Gasteiger partial charge >= 0.3 is 0 Å². The second kappa shape index (κ2) is 3.49. The predicted molar refractivity (Wildman–Crippen MR) is 58.9 cm³/mol. The van der Waals surface area contributed by atoms with Crippen molar-refractivity contribution in [3.63, 3.8) is 0 Å². The van der Waals surface area contributed by atoms with Gasteiger partial charge in [-0.15, -0.1) is 0 Å². The van der Waals surface area contributed by atoms with Gasteiger partial charge in [-0.25, -0.2) is 4.98 Å². The molecule has 16 heavy (non-hydrogen) atoms. The van der Waals surface area contributed by atoms with Crippen molar-refractivity contribution >= 4 is 0 Å². The van der Waals surface area contributed by atoms with Crippen LogP contribution in [0.3, 0.4) is 0 Å². The molecule has 4 nitrogen and oxygen atoms in total. The lowest BCUT2D eigenvalue weighted by atomic mass is 10.1. The number of hydrogen-bond acceptors (Lipinski definition) is 3. The largest absolute Gasteiger partial charge is 0.460 e. The minimum atomic E-state index is -0.430. The number of aliphatic hydroxyl groups is 1. The molecule has 3 heterocycles. The highest BCUT2D eigenvalue weighted by Gasteiger charge is 2.20. The van der Waals surface area contributed by atoms with Gasteiger partial charge in [0.05, 0.1) is 0 Å². The lowest BCUT2D eigenvalue weighted by Crippen LogP contribution is -2.16. The Hall–Kier alpha value is -1.55. The molecule has 0 saturated heterocycles. The number of aryl methyl sites for hydroxylation is 2. The van der Waals surface area contributed by atoms with Crippen molar-refractivity contribution in [1.82, 2.24) is 9.55 Å². The molecule has 2 aromatic heterocycles. The maximum atomic E-state index is 9.82. The fraction of sp³-hybridized carbons (Fsp3) is 0.417. The average Bonchev–Trinajstić information content (AvgIpc) is 2.84. The molecule has 1 N–H and O–H groups in total. The van der Waals surface area contributed by atoms with Crippen LogP contribution in [-0.4, -0.2) is 14.7 Å². The fourth-order valence-electron chi connectivity index (χ4n) is 2.15. The second-order valence-corrected chi connectivity index (χ2v) is 4.23. The van der Waals surface area contributed by atoms with Crippen LogP contribution in [0.1, 0.15) is 30.7 Å². The van der Waals surface area contributed by atoms with E-state index in [1.165, 1.54) is 0 Å². The minimum Gasteiger partial charge on any atom is -0.460 e. The molecular formula is C12H14N2O2. The van der Waals surface area contributed by atoms with E-state index in [0.29, 0.717) is 0 Å². The number of imidazole rings is 1. The van der Waals surface area contributed by atoms with Gasteiger partial charge in [0.1, 0.15) is 23.5 Å². The minimum absolute atomic E-state index is 0.430. The maximum absolute atomic E-state index is 9.82. The van der Waals surface area contributed by atoms with Crippen LogP contribution < -0.4 is 0 Å². The highest BCUT2D eigenvalue weighted by Crippen LogP contribution is 2.27. The monoisotopic (exact) mass is 218 g/mol. The third-order valence-electron chi connectivity index (χ3n) is 2.99. The van der Waals surface area contributed by atoms with E-state index < -0.39 is 6.23 Å². The molecule has 1 aliphatic heterocycles. The van der Waals surface area contributed by atoms with E-state index in [1.807, 2.05) is 29.8 Å². The molecule has 0 bridgehead atoms. The van der Waals surface area contributed by atoms with Crippen molar-refractivity contribution in [2.75, 3.05) is 0 Å². The Morgan fingerprint density at radius 1 is 1.50 bits per heavy atom. The zero-order valence-electron chi connectivity index (χ0n) is 9.18. The molecule has 3 rings (SSSR count). The first-order valence-corrected chi connectivity index (χ1v) is 5.56. The lowest BCUT2D eigenvalue weighted by Gasteiger charge is -2.19. The summed E-state index contributed by atoms with van der Waals surface area (Å²) in [5, 5.41) is 9.82. The Morgan fingerprint density at radius 2 is 2.38 bits per heavy atom. The smallest absolute Gasteiger partial charge is 0.154 e. The van der Waals surface area contributed by atoms with Gasteiger partial charge in [-0.1, -0.05) is 0 Å². The molecule has 0 spiro atoms. The first kappa shape index (κ1) is 9.66. The van der Waals surface area contributed by atoms with Crippen molar-refractivity contribution < 1.29 is 9.52 Å². The highest BCUT2D eigenvalue weighted by atomic mass is 16.3. The summed E-state index contributed by atoms with van der Waals surface area (Å²) in [6, 6.07) is 3.83. The van der Waals surface area contributed by atoms with Crippen LogP contribution >= 0.6 is 0 Å². The van der Waals surface area contributed by atoms with Crippen molar-refractivity contribution in [2.45, 2.75) is 32.4 Å². The van der Waals surface area contributed by atoms with E-state index in [4.69, 9.17) is 4.42 Å². The Labute approximate surface area is 93.5 Å². The Bertz CT molecular complexity index is 513. The first-order valence-electron chi connectivity index (χ1n) is 5.56. The summed E-state index contributed by atoms with van der Waals surface area (Å²) >= 11 is 0. The Kier molecular flexibility index (Phi) is 2.11. The molecule has 4 heteroatoms. The zero-order valence-corrected chi connectivity index (χ0v) is 9.18. The summed E-state index contributed by atoms with van der Waals surface area (Å²) in [5.74, 6) is 2.59. The van der Waals surface area contributed by atoms with Crippen molar-refractivity contribution in [3.05, 3.63) is 29.9 Å². The summed E-state index contributed by atoms with van der Waals surface area (Å²) in [7, 11) is 0. The molecule has 2 aromatic rings. The Balaban J connectivity index is 2.04. The third-order valence-corrected chi connectivity index (χ3v) is 2.99. The van der Waals surface area contributed by atoms with E-state index in [0.717, 1.165) is 42.3 Å². The Morgan fingerprint density at radius 3 is 3.06 bits per heavy atom. The topological polar surface area (TPSA) is 51.2 Å². The molecule has 0 aliphatic carbocycles. The van der Waals surface area contributed by atoms with Crippen LogP contribution in [0.4, 0.5) is 0 Å². The fourth-order valence-corrected chi connectivity index (χ4v) is 2.15. The number of hydrogen-bond donors (Lipinski definition) is 1. The van der Waals surface area contributed by atoms with Crippen molar-refractivity contribution in [2.24, 2.45) is 0 Å². The van der Waals surface area contributed by atoms with Gasteiger partial charge in [0.2, 0.25) is 0 Å². The summed E-state index contributed by atoms with van der Waals surface area (Å²) < 4.78 is 7.37. The highest BCUT2D eigenvalue weighted by molar-refractivity contribution is 5.51. The van der Waals surface area contributed by atoms with Crippen LogP contribution in [0.5, 0.6) is 0 Å². The van der Waals surface area contributed by atoms with Gasteiger partial charge in [-0.05, 0) is 31.9 Å². The van der Waals surface area contributed by atoms with E-state index in [-0.39, 0.29) is 0 Å². The summed E-state index contributed by atoms with van der Waals surface area (Å²) in [6.45, 7) is 1.91. The zero-order chi connectivity index (χ0) is 11.1. The number of rotatable bonds is 1. The van der Waals surface area contributed by atoms with Gasteiger partial charge in [-0.3, -0.25) is 0 Å². The van der Waals surface area contributed by atoms with Gasteiger partial charge in [0.25, 0.3) is 0 Å². The van der Waals surface area contributed by atoms with Crippen LogP contribution in [0.25, 0.3) is 11.5 Å². The quantitative estimate of drug-likeness (QED) is 0.798. The van der Waals surface area contributed by atoms with E-state index in [1.54, 1.807) is 0 Å². The van der Waals surface area contributed by atoms with Crippen molar-refractivity contribution in [3.8, 4) is 11.5 Å². The number of fused-ring (bicyclic) bond motifs is 1. The maximum Gasteiger partial charge on any atom is 0.154 e. The molecular weight excluding hydrogens is 204 g/mol. The van der Waals surface area contributed by atoms with Gasteiger partial charge in [0, 0.05) is 12.6 Å². The van der Waals surface area contributed by atoms with Crippen LogP contribution in [0, 0.1) is 6.92 Å². The van der Waals surface area contributed by atoms with Crippen molar-refractivity contribution in [1.29, 1.82) is 0 Å². The summed E-state index contributed by atoms with van der Waals surface area (Å²) in [6.07, 6.45) is 4.17. The molecule has 0 fully saturated rings. The summed E-state index contributed by atoms with van der Waals surface area (Å²) in [4.78, 5) is 4.49. The molecule has 1 atom stereocenters. The number of furan rings is 1. The number of nitrogens with zero attached hydrogens (tertiary/aromatic N) is 2. The van der Waals surface area contributed by atoms with Gasteiger partial charge in [-0.2, -0.15) is 0 Å². The van der Waals surface area contributed by atoms with Gasteiger partial charge < -0.3 is 14.1 Å². The first-order chi connectivity index (χ1) is 7.74. The van der Waals surface area contributed by atoms with E-state index >= 15 is 0 Å². The summed E-state index contributed by atoms with van der Waals surface area (Å²) in [5.41, 5.74) is 0.809. The molecule has 84 valence electrons. The molecule has 0 aromatic carbocycles. The predicted octanol–water partition coefficient (Wildman–Crippen LogP) is 2.28. The van der Waals surface area contributed by atoms with Crippen LogP contribution in [-0.2, 0) is 6.42 Å².